The van der Waals surface area contributed by atoms with E-state index < -0.39 is 0 Å². The molecule has 1 aromatic carbocycles. The summed E-state index contributed by atoms with van der Waals surface area (Å²) < 4.78 is 5.12. The fraction of sp³-hybridized carbons (Fsp3) is 0.300. The molecule has 0 aliphatic carbocycles. The van der Waals surface area contributed by atoms with Crippen LogP contribution in [0.15, 0.2) is 18.2 Å². The van der Waals surface area contributed by atoms with E-state index in [4.69, 9.17) is 21.5 Å². The average Bonchev–Trinajstić information content (AvgIpc) is 2.18. The Labute approximate surface area is 83.1 Å². The van der Waals surface area contributed by atoms with Crippen molar-refractivity contribution in [3.63, 3.8) is 0 Å². The molecule has 14 heavy (non-hydrogen) atoms. The van der Waals surface area contributed by atoms with Crippen LogP contribution in [0.25, 0.3) is 0 Å². The zero-order valence-electron chi connectivity index (χ0n) is 8.03. The van der Waals surface area contributed by atoms with Gasteiger partial charge >= 0.3 is 0 Å². The highest BCUT2D eigenvalue weighted by Gasteiger charge is 2.11. The SMILES string of the molecule is COc1ccc(N)cc1C(N)CC#N. The zero-order valence-corrected chi connectivity index (χ0v) is 8.03. The Morgan fingerprint density at radius 3 is 2.86 bits per heavy atom. The van der Waals surface area contributed by atoms with E-state index in [0.29, 0.717) is 11.4 Å². The topological polar surface area (TPSA) is 85.1 Å². The van der Waals surface area contributed by atoms with Gasteiger partial charge in [-0.1, -0.05) is 0 Å². The smallest absolute Gasteiger partial charge is 0.123 e. The summed E-state index contributed by atoms with van der Waals surface area (Å²) in [7, 11) is 1.56. The lowest BCUT2D eigenvalue weighted by atomic mass is 10.0. The first kappa shape index (κ1) is 10.4. The van der Waals surface area contributed by atoms with Gasteiger partial charge < -0.3 is 16.2 Å². The van der Waals surface area contributed by atoms with E-state index in [1.54, 1.807) is 25.3 Å². The Balaban J connectivity index is 3.04. The molecule has 0 aromatic heterocycles. The Morgan fingerprint density at radius 2 is 2.29 bits per heavy atom. The summed E-state index contributed by atoms with van der Waals surface area (Å²) in [6, 6.07) is 6.89. The highest BCUT2D eigenvalue weighted by molar-refractivity contribution is 5.49. The molecule has 0 fully saturated rings. The molecular formula is C10H13N3O. The number of nitrogens with zero attached hydrogens (tertiary/aromatic N) is 1. The third kappa shape index (κ3) is 2.15. The predicted octanol–water partition coefficient (Wildman–Crippen LogP) is 1.19. The molecule has 1 unspecified atom stereocenters. The van der Waals surface area contributed by atoms with Crippen molar-refractivity contribution in [2.75, 3.05) is 12.8 Å². The zero-order chi connectivity index (χ0) is 10.6. The van der Waals surface area contributed by atoms with Crippen molar-refractivity contribution in [1.82, 2.24) is 0 Å². The number of anilines is 1. The van der Waals surface area contributed by atoms with Gasteiger partial charge in [0.25, 0.3) is 0 Å². The van der Waals surface area contributed by atoms with Crippen LogP contribution in [-0.4, -0.2) is 7.11 Å². The molecule has 1 rings (SSSR count). The molecule has 1 aromatic rings. The Morgan fingerprint density at radius 1 is 1.57 bits per heavy atom. The van der Waals surface area contributed by atoms with Crippen LogP contribution in [0.4, 0.5) is 5.69 Å². The van der Waals surface area contributed by atoms with Gasteiger partial charge in [0, 0.05) is 17.3 Å². The second-order valence-corrected chi connectivity index (χ2v) is 2.97. The molecule has 0 aliphatic rings. The van der Waals surface area contributed by atoms with Crippen LogP contribution in [-0.2, 0) is 0 Å². The fourth-order valence-corrected chi connectivity index (χ4v) is 1.25. The van der Waals surface area contributed by atoms with Crippen molar-refractivity contribution in [3.8, 4) is 11.8 Å². The van der Waals surface area contributed by atoms with Crippen molar-refractivity contribution < 1.29 is 4.74 Å². The number of hydrogen-bond acceptors (Lipinski definition) is 4. The number of nitrogens with two attached hydrogens (primary N) is 2. The van der Waals surface area contributed by atoms with Crippen LogP contribution in [0.1, 0.15) is 18.0 Å². The Kier molecular flexibility index (Phi) is 3.32. The standard InChI is InChI=1S/C10H13N3O/c1-14-10-3-2-7(12)6-8(10)9(13)4-5-11/h2-3,6,9H,4,12-13H2,1H3. The van der Waals surface area contributed by atoms with Crippen LogP contribution in [0.5, 0.6) is 5.75 Å². The monoisotopic (exact) mass is 191 g/mol. The predicted molar refractivity (Wildman–Crippen MR) is 54.6 cm³/mol. The summed E-state index contributed by atoms with van der Waals surface area (Å²) in [5.41, 5.74) is 12.8. The first-order valence-electron chi connectivity index (χ1n) is 4.25. The third-order valence-electron chi connectivity index (χ3n) is 1.96. The normalized spacial score (nSPS) is 11.8. The number of nitriles is 1. The van der Waals surface area contributed by atoms with Gasteiger partial charge in [-0.25, -0.2) is 0 Å². The van der Waals surface area contributed by atoms with Gasteiger partial charge in [-0.2, -0.15) is 5.26 Å². The number of methoxy groups -OCH3 is 1. The molecule has 74 valence electrons. The summed E-state index contributed by atoms with van der Waals surface area (Å²) in [5.74, 6) is 0.668. The molecule has 0 bridgehead atoms. The molecule has 1 atom stereocenters. The number of nitrogen functional groups attached to an aromatic ring is 1. The highest BCUT2D eigenvalue weighted by Crippen LogP contribution is 2.27. The van der Waals surface area contributed by atoms with Gasteiger partial charge in [0.2, 0.25) is 0 Å². The van der Waals surface area contributed by atoms with Gasteiger partial charge in [-0.3, -0.25) is 0 Å². The number of benzene rings is 1. The number of ether oxygens (including phenoxy) is 1. The van der Waals surface area contributed by atoms with E-state index in [1.807, 2.05) is 6.07 Å². The van der Waals surface area contributed by atoms with Gasteiger partial charge in [0.05, 0.1) is 19.6 Å². The van der Waals surface area contributed by atoms with Crippen LogP contribution in [0.2, 0.25) is 0 Å². The molecule has 0 amide bonds. The van der Waals surface area contributed by atoms with Crippen molar-refractivity contribution in [2.45, 2.75) is 12.5 Å². The quantitative estimate of drug-likeness (QED) is 0.703. The van der Waals surface area contributed by atoms with Crippen molar-refractivity contribution >= 4 is 5.69 Å². The lowest BCUT2D eigenvalue weighted by Crippen LogP contribution is -2.11. The maximum absolute atomic E-state index is 8.53. The largest absolute Gasteiger partial charge is 0.496 e. The van der Waals surface area contributed by atoms with Gasteiger partial charge in [-0.05, 0) is 18.2 Å². The Hall–Kier alpha value is -1.73. The van der Waals surface area contributed by atoms with Crippen molar-refractivity contribution in [2.24, 2.45) is 5.73 Å². The number of hydrogen-bond donors (Lipinski definition) is 2. The van der Waals surface area contributed by atoms with Crippen LogP contribution >= 0.6 is 0 Å². The fourth-order valence-electron chi connectivity index (χ4n) is 1.25. The molecule has 4 nitrogen and oxygen atoms in total. The van der Waals surface area contributed by atoms with E-state index in [2.05, 4.69) is 0 Å². The maximum Gasteiger partial charge on any atom is 0.123 e. The van der Waals surface area contributed by atoms with Crippen molar-refractivity contribution in [3.05, 3.63) is 23.8 Å². The number of rotatable bonds is 3. The van der Waals surface area contributed by atoms with Crippen LogP contribution in [0.3, 0.4) is 0 Å². The summed E-state index contributed by atoms with van der Waals surface area (Å²) in [4.78, 5) is 0. The highest BCUT2D eigenvalue weighted by atomic mass is 16.5. The van der Waals surface area contributed by atoms with E-state index >= 15 is 0 Å². The van der Waals surface area contributed by atoms with Crippen molar-refractivity contribution in [1.29, 1.82) is 5.26 Å². The molecule has 0 radical (unpaired) electrons. The van der Waals surface area contributed by atoms with Gasteiger partial charge in [0.15, 0.2) is 0 Å². The van der Waals surface area contributed by atoms with E-state index in [1.165, 1.54) is 0 Å². The van der Waals surface area contributed by atoms with E-state index in [-0.39, 0.29) is 12.5 Å². The summed E-state index contributed by atoms with van der Waals surface area (Å²) in [6.45, 7) is 0. The summed E-state index contributed by atoms with van der Waals surface area (Å²) >= 11 is 0. The van der Waals surface area contributed by atoms with E-state index in [0.717, 1.165) is 5.56 Å². The van der Waals surface area contributed by atoms with E-state index in [9.17, 15) is 0 Å². The van der Waals surface area contributed by atoms with Crippen LogP contribution < -0.4 is 16.2 Å². The molecule has 0 heterocycles. The third-order valence-corrected chi connectivity index (χ3v) is 1.96. The first-order chi connectivity index (χ1) is 6.69. The average molecular weight is 191 g/mol. The minimum Gasteiger partial charge on any atom is -0.496 e. The lowest BCUT2D eigenvalue weighted by Gasteiger charge is -2.13. The molecule has 4 N–H and O–H groups in total. The van der Waals surface area contributed by atoms with Gasteiger partial charge in [-0.15, -0.1) is 0 Å². The summed E-state index contributed by atoms with van der Waals surface area (Å²) in [6.07, 6.45) is 0.250. The summed E-state index contributed by atoms with van der Waals surface area (Å²) in [5, 5.41) is 8.53. The molecule has 0 aliphatic heterocycles. The van der Waals surface area contributed by atoms with Crippen LogP contribution in [0, 0.1) is 11.3 Å². The second-order valence-electron chi connectivity index (χ2n) is 2.97. The lowest BCUT2D eigenvalue weighted by molar-refractivity contribution is 0.406. The molecule has 0 saturated carbocycles. The minimum atomic E-state index is -0.349. The molecule has 4 heteroatoms. The first-order valence-corrected chi connectivity index (χ1v) is 4.25. The maximum atomic E-state index is 8.53. The molecule has 0 saturated heterocycles. The molecule has 0 spiro atoms. The molecular weight excluding hydrogens is 178 g/mol. The Bertz CT molecular complexity index is 357. The second kappa shape index (κ2) is 4.49. The minimum absolute atomic E-state index is 0.250. The van der Waals surface area contributed by atoms with Gasteiger partial charge in [0.1, 0.15) is 5.75 Å².